The minimum Gasteiger partial charge on any atom is -0.480 e. The molecular formula is C9H15NO3S. The summed E-state index contributed by atoms with van der Waals surface area (Å²) in [6.45, 7) is 6.88. The highest BCUT2D eigenvalue weighted by molar-refractivity contribution is 7.99. The van der Waals surface area contributed by atoms with Gasteiger partial charge in [-0.1, -0.05) is 12.2 Å². The minimum atomic E-state index is -1.01. The van der Waals surface area contributed by atoms with Crippen molar-refractivity contribution < 1.29 is 14.7 Å². The highest BCUT2D eigenvalue weighted by Gasteiger charge is 2.17. The molecule has 0 rings (SSSR count). The molecule has 0 saturated heterocycles. The second-order valence-corrected chi connectivity index (χ2v) is 4.09. The van der Waals surface area contributed by atoms with Crippen LogP contribution in [-0.4, -0.2) is 34.5 Å². The van der Waals surface area contributed by atoms with Crippen LogP contribution in [0.4, 0.5) is 0 Å². The van der Waals surface area contributed by atoms with Crippen molar-refractivity contribution in [2.45, 2.75) is 19.9 Å². The fourth-order valence-electron chi connectivity index (χ4n) is 0.771. The summed E-state index contributed by atoms with van der Waals surface area (Å²) in [5, 5.41) is 11.1. The van der Waals surface area contributed by atoms with E-state index >= 15 is 0 Å². The van der Waals surface area contributed by atoms with Gasteiger partial charge in [0.25, 0.3) is 0 Å². The molecule has 0 heterocycles. The number of rotatable bonds is 6. The van der Waals surface area contributed by atoms with Crippen LogP contribution in [0.25, 0.3) is 0 Å². The third kappa shape index (κ3) is 6.54. The lowest BCUT2D eigenvalue weighted by Crippen LogP contribution is -2.41. The van der Waals surface area contributed by atoms with E-state index in [1.54, 1.807) is 0 Å². The number of hydrogen-bond donors (Lipinski definition) is 2. The van der Waals surface area contributed by atoms with E-state index in [9.17, 15) is 9.59 Å². The van der Waals surface area contributed by atoms with E-state index in [0.29, 0.717) is 11.5 Å². The lowest BCUT2D eigenvalue weighted by atomic mass is 10.3. The van der Waals surface area contributed by atoms with Gasteiger partial charge in [-0.05, 0) is 6.92 Å². The lowest BCUT2D eigenvalue weighted by molar-refractivity contribution is -0.140. The van der Waals surface area contributed by atoms with E-state index in [4.69, 9.17) is 5.11 Å². The number of thioether (sulfide) groups is 1. The number of carbonyl (C=O) groups excluding carboxylic acids is 1. The molecule has 0 bridgehead atoms. The molecule has 4 nitrogen and oxygen atoms in total. The zero-order valence-electron chi connectivity index (χ0n) is 8.37. The Morgan fingerprint density at radius 1 is 1.50 bits per heavy atom. The van der Waals surface area contributed by atoms with Gasteiger partial charge in [-0.25, -0.2) is 4.79 Å². The second-order valence-electron chi connectivity index (χ2n) is 3.06. The van der Waals surface area contributed by atoms with Gasteiger partial charge in [0.2, 0.25) is 5.91 Å². The number of amides is 1. The SMILES string of the molecule is C=C(C)CSC[C@H](NC(C)=O)C(=O)O. The molecule has 0 fully saturated rings. The largest absolute Gasteiger partial charge is 0.480 e. The van der Waals surface area contributed by atoms with Crippen LogP contribution in [-0.2, 0) is 9.59 Å². The van der Waals surface area contributed by atoms with Gasteiger partial charge in [0, 0.05) is 18.4 Å². The molecule has 14 heavy (non-hydrogen) atoms. The third-order valence-corrected chi connectivity index (χ3v) is 2.57. The summed E-state index contributed by atoms with van der Waals surface area (Å²) in [6, 6.07) is -0.808. The lowest BCUT2D eigenvalue weighted by Gasteiger charge is -2.12. The Bertz CT molecular complexity index is 240. The fraction of sp³-hybridized carbons (Fsp3) is 0.556. The van der Waals surface area contributed by atoms with Crippen LogP contribution in [0.1, 0.15) is 13.8 Å². The number of hydrogen-bond acceptors (Lipinski definition) is 3. The summed E-state index contributed by atoms with van der Waals surface area (Å²) < 4.78 is 0. The van der Waals surface area contributed by atoms with E-state index < -0.39 is 12.0 Å². The van der Waals surface area contributed by atoms with E-state index in [0.717, 1.165) is 5.57 Å². The Morgan fingerprint density at radius 2 is 2.07 bits per heavy atom. The maximum atomic E-state index is 10.7. The second kappa shape index (κ2) is 6.48. The number of carboxylic acids is 1. The molecule has 1 atom stereocenters. The molecule has 1 amide bonds. The molecule has 0 aliphatic heterocycles. The summed E-state index contributed by atoms with van der Waals surface area (Å²) in [5.41, 5.74) is 0.988. The molecule has 0 aliphatic carbocycles. The Hall–Kier alpha value is -0.970. The maximum Gasteiger partial charge on any atom is 0.327 e. The molecule has 0 aromatic rings. The first-order chi connectivity index (χ1) is 6.43. The predicted molar refractivity (Wildman–Crippen MR) is 57.4 cm³/mol. The van der Waals surface area contributed by atoms with Crippen LogP contribution in [0.5, 0.6) is 0 Å². The first-order valence-electron chi connectivity index (χ1n) is 4.15. The van der Waals surface area contributed by atoms with Gasteiger partial charge >= 0.3 is 5.97 Å². The van der Waals surface area contributed by atoms with Crippen LogP contribution in [0.2, 0.25) is 0 Å². The molecule has 0 spiro atoms. The van der Waals surface area contributed by atoms with Crippen molar-refractivity contribution in [3.05, 3.63) is 12.2 Å². The van der Waals surface area contributed by atoms with Crippen molar-refractivity contribution in [1.82, 2.24) is 5.32 Å². The summed E-state index contributed by atoms with van der Waals surface area (Å²) in [4.78, 5) is 21.3. The summed E-state index contributed by atoms with van der Waals surface area (Å²) in [6.07, 6.45) is 0. The van der Waals surface area contributed by atoms with Gasteiger partial charge in [0.05, 0.1) is 0 Å². The van der Waals surface area contributed by atoms with E-state index in [-0.39, 0.29) is 5.91 Å². The number of carboxylic acid groups (broad SMARTS) is 1. The number of carbonyl (C=O) groups is 2. The molecule has 0 aliphatic rings. The van der Waals surface area contributed by atoms with Gasteiger partial charge in [-0.15, -0.1) is 0 Å². The van der Waals surface area contributed by atoms with Crippen molar-refractivity contribution >= 4 is 23.6 Å². The van der Waals surface area contributed by atoms with Gasteiger partial charge in [-0.2, -0.15) is 11.8 Å². The van der Waals surface area contributed by atoms with Crippen LogP contribution < -0.4 is 5.32 Å². The Labute approximate surface area is 87.8 Å². The Kier molecular flexibility index (Phi) is 6.03. The Balaban J connectivity index is 3.91. The van der Waals surface area contributed by atoms with Crippen molar-refractivity contribution in [3.63, 3.8) is 0 Å². The normalized spacial score (nSPS) is 11.9. The van der Waals surface area contributed by atoms with Crippen LogP contribution >= 0.6 is 11.8 Å². The quantitative estimate of drug-likeness (QED) is 0.648. The summed E-state index contributed by atoms with van der Waals surface area (Å²) in [5.74, 6) is -0.256. The monoisotopic (exact) mass is 217 g/mol. The van der Waals surface area contributed by atoms with Crippen molar-refractivity contribution in [3.8, 4) is 0 Å². The van der Waals surface area contributed by atoms with Gasteiger partial charge in [-0.3, -0.25) is 4.79 Å². The van der Waals surface area contributed by atoms with Gasteiger partial charge < -0.3 is 10.4 Å². The molecular weight excluding hydrogens is 202 g/mol. The topological polar surface area (TPSA) is 66.4 Å². The molecule has 0 aromatic heterocycles. The average molecular weight is 217 g/mol. The first-order valence-corrected chi connectivity index (χ1v) is 5.31. The predicted octanol–water partition coefficient (Wildman–Crippen LogP) is 0.885. The highest BCUT2D eigenvalue weighted by atomic mass is 32.2. The molecule has 5 heteroatoms. The molecule has 0 aromatic carbocycles. The molecule has 2 N–H and O–H groups in total. The average Bonchev–Trinajstić information content (AvgIpc) is 2.00. The smallest absolute Gasteiger partial charge is 0.327 e. The third-order valence-electron chi connectivity index (χ3n) is 1.31. The van der Waals surface area contributed by atoms with E-state index in [1.807, 2.05) is 6.92 Å². The summed E-state index contributed by atoms with van der Waals surface area (Å²) >= 11 is 1.44. The number of aliphatic carboxylic acids is 1. The fourth-order valence-corrected chi connectivity index (χ4v) is 1.70. The van der Waals surface area contributed by atoms with Crippen molar-refractivity contribution in [2.75, 3.05) is 11.5 Å². The van der Waals surface area contributed by atoms with Crippen molar-refractivity contribution in [2.24, 2.45) is 0 Å². The molecule has 0 radical (unpaired) electrons. The molecule has 0 unspecified atom stereocenters. The van der Waals surface area contributed by atoms with E-state index in [1.165, 1.54) is 18.7 Å². The van der Waals surface area contributed by atoms with Gasteiger partial charge in [0.1, 0.15) is 6.04 Å². The zero-order valence-corrected chi connectivity index (χ0v) is 9.19. The standard InChI is InChI=1S/C9H15NO3S/c1-6(2)4-14-5-8(9(12)13)10-7(3)11/h8H,1,4-5H2,2-3H3,(H,10,11)(H,12,13)/t8-/m0/s1. The molecule has 80 valence electrons. The van der Waals surface area contributed by atoms with Crippen LogP contribution in [0, 0.1) is 0 Å². The number of nitrogens with one attached hydrogen (secondary N) is 1. The summed E-state index contributed by atoms with van der Waals surface area (Å²) in [7, 11) is 0. The minimum absolute atomic E-state index is 0.326. The maximum absolute atomic E-state index is 10.7. The van der Waals surface area contributed by atoms with Crippen LogP contribution in [0.3, 0.4) is 0 Å². The van der Waals surface area contributed by atoms with E-state index in [2.05, 4.69) is 11.9 Å². The highest BCUT2D eigenvalue weighted by Crippen LogP contribution is 2.07. The molecule has 0 saturated carbocycles. The first kappa shape index (κ1) is 13.0. The zero-order chi connectivity index (χ0) is 11.1. The van der Waals surface area contributed by atoms with Crippen LogP contribution in [0.15, 0.2) is 12.2 Å². The van der Waals surface area contributed by atoms with Crippen molar-refractivity contribution in [1.29, 1.82) is 0 Å². The van der Waals surface area contributed by atoms with Gasteiger partial charge in [0.15, 0.2) is 0 Å². The Morgan fingerprint density at radius 3 is 2.43 bits per heavy atom.